The van der Waals surface area contributed by atoms with E-state index in [-0.39, 0.29) is 0 Å². The molecule has 2 heterocycles. The van der Waals surface area contributed by atoms with Crippen LogP contribution in [-0.4, -0.2) is 52.5 Å². The SMILES string of the molecule is COc1ccc(CCN2CN(C[C@H](C)O)c3nc4ccccc4n3C2)cc1. The Hall–Kier alpha value is -2.57. The zero-order valence-electron chi connectivity index (χ0n) is 15.9. The van der Waals surface area contributed by atoms with Crippen molar-refractivity contribution in [3.05, 3.63) is 54.1 Å². The van der Waals surface area contributed by atoms with Crippen molar-refractivity contribution >= 4 is 17.0 Å². The molecule has 27 heavy (non-hydrogen) atoms. The van der Waals surface area contributed by atoms with Crippen LogP contribution in [-0.2, 0) is 13.1 Å². The average molecular weight is 366 g/mol. The summed E-state index contributed by atoms with van der Waals surface area (Å²) in [6.07, 6.45) is 0.564. The van der Waals surface area contributed by atoms with Crippen molar-refractivity contribution in [1.29, 1.82) is 0 Å². The Bertz CT molecular complexity index is 904. The van der Waals surface area contributed by atoms with E-state index < -0.39 is 6.10 Å². The zero-order chi connectivity index (χ0) is 18.8. The first-order valence-corrected chi connectivity index (χ1v) is 9.37. The molecule has 6 heteroatoms. The van der Waals surface area contributed by atoms with Gasteiger partial charge in [-0.3, -0.25) is 9.47 Å². The van der Waals surface area contributed by atoms with Crippen LogP contribution in [0.2, 0.25) is 0 Å². The van der Waals surface area contributed by atoms with Crippen LogP contribution in [0, 0.1) is 0 Å². The van der Waals surface area contributed by atoms with Gasteiger partial charge in [-0.05, 0) is 43.2 Å². The molecule has 0 aliphatic carbocycles. The fraction of sp³-hybridized carbons (Fsp3) is 0.381. The van der Waals surface area contributed by atoms with Gasteiger partial charge in [0, 0.05) is 13.1 Å². The van der Waals surface area contributed by atoms with Crippen molar-refractivity contribution in [2.45, 2.75) is 26.1 Å². The van der Waals surface area contributed by atoms with Crippen LogP contribution < -0.4 is 9.64 Å². The molecule has 0 radical (unpaired) electrons. The molecule has 2 aromatic carbocycles. The molecule has 1 atom stereocenters. The number of ether oxygens (including phenoxy) is 1. The summed E-state index contributed by atoms with van der Waals surface area (Å²) in [7, 11) is 1.69. The van der Waals surface area contributed by atoms with Gasteiger partial charge in [-0.2, -0.15) is 0 Å². The molecule has 0 unspecified atom stereocenters. The van der Waals surface area contributed by atoms with Gasteiger partial charge < -0.3 is 14.7 Å². The number of imidazole rings is 1. The van der Waals surface area contributed by atoms with Gasteiger partial charge in [0.05, 0.1) is 37.6 Å². The number of hydrogen-bond donors (Lipinski definition) is 1. The maximum absolute atomic E-state index is 9.94. The van der Waals surface area contributed by atoms with Crippen molar-refractivity contribution in [3.63, 3.8) is 0 Å². The highest BCUT2D eigenvalue weighted by Gasteiger charge is 2.26. The van der Waals surface area contributed by atoms with Crippen molar-refractivity contribution in [2.24, 2.45) is 0 Å². The number of hydrogen-bond acceptors (Lipinski definition) is 5. The molecule has 0 saturated heterocycles. The monoisotopic (exact) mass is 366 g/mol. The average Bonchev–Trinajstić information content (AvgIpc) is 3.05. The van der Waals surface area contributed by atoms with E-state index in [1.54, 1.807) is 7.11 Å². The first-order valence-electron chi connectivity index (χ1n) is 9.37. The number of aromatic nitrogens is 2. The van der Waals surface area contributed by atoms with E-state index in [1.807, 2.05) is 37.3 Å². The largest absolute Gasteiger partial charge is 0.497 e. The van der Waals surface area contributed by atoms with E-state index in [0.717, 1.165) is 49.0 Å². The molecule has 1 aliphatic rings. The summed E-state index contributed by atoms with van der Waals surface area (Å²) in [5.41, 5.74) is 3.43. The van der Waals surface area contributed by atoms with Gasteiger partial charge in [0.2, 0.25) is 5.95 Å². The predicted octanol–water partition coefficient (Wildman–Crippen LogP) is 2.71. The Kier molecular flexibility index (Phi) is 5.01. The maximum atomic E-state index is 9.94. The fourth-order valence-electron chi connectivity index (χ4n) is 3.67. The molecular weight excluding hydrogens is 340 g/mol. The number of anilines is 1. The summed E-state index contributed by atoms with van der Waals surface area (Å²) in [5.74, 6) is 1.83. The fourth-order valence-corrected chi connectivity index (χ4v) is 3.67. The minimum Gasteiger partial charge on any atom is -0.497 e. The summed E-state index contributed by atoms with van der Waals surface area (Å²) in [6, 6.07) is 16.5. The summed E-state index contributed by atoms with van der Waals surface area (Å²) < 4.78 is 7.48. The predicted molar refractivity (Wildman–Crippen MR) is 107 cm³/mol. The highest BCUT2D eigenvalue weighted by molar-refractivity contribution is 5.79. The number of aliphatic hydroxyl groups is 1. The van der Waals surface area contributed by atoms with Crippen molar-refractivity contribution in [3.8, 4) is 5.75 Å². The second-order valence-electron chi connectivity index (χ2n) is 7.18. The lowest BCUT2D eigenvalue weighted by Gasteiger charge is -2.37. The maximum Gasteiger partial charge on any atom is 0.208 e. The number of nitrogens with zero attached hydrogens (tertiary/aromatic N) is 4. The van der Waals surface area contributed by atoms with Crippen LogP contribution in [0.4, 0.5) is 5.95 Å². The number of rotatable bonds is 6. The summed E-state index contributed by atoms with van der Waals surface area (Å²) in [5, 5.41) is 9.94. The van der Waals surface area contributed by atoms with Gasteiger partial charge in [-0.25, -0.2) is 4.98 Å². The van der Waals surface area contributed by atoms with Crippen LogP contribution in [0.25, 0.3) is 11.0 Å². The minimum absolute atomic E-state index is 0.403. The first-order chi connectivity index (χ1) is 13.1. The van der Waals surface area contributed by atoms with E-state index >= 15 is 0 Å². The number of benzene rings is 2. The van der Waals surface area contributed by atoms with Crippen molar-refractivity contribution in [2.75, 3.05) is 31.8 Å². The third-order valence-electron chi connectivity index (χ3n) is 4.99. The number of fused-ring (bicyclic) bond motifs is 3. The van der Waals surface area contributed by atoms with Crippen molar-refractivity contribution < 1.29 is 9.84 Å². The van der Waals surface area contributed by atoms with Gasteiger partial charge in [0.1, 0.15) is 5.75 Å². The Morgan fingerprint density at radius 3 is 2.63 bits per heavy atom. The number of para-hydroxylation sites is 2. The highest BCUT2D eigenvalue weighted by Crippen LogP contribution is 2.27. The van der Waals surface area contributed by atoms with Crippen LogP contribution in [0.3, 0.4) is 0 Å². The lowest BCUT2D eigenvalue weighted by molar-refractivity contribution is 0.165. The Morgan fingerprint density at radius 1 is 1.11 bits per heavy atom. The normalized spacial score (nSPS) is 15.7. The van der Waals surface area contributed by atoms with E-state index in [0.29, 0.717) is 6.54 Å². The molecule has 1 aromatic heterocycles. The van der Waals surface area contributed by atoms with Crippen molar-refractivity contribution in [1.82, 2.24) is 14.5 Å². The molecule has 0 bridgehead atoms. The molecule has 0 fully saturated rings. The number of β-amino-alcohol motifs (C(OH)–C–C–N with tert-alkyl or cyclic N) is 1. The minimum atomic E-state index is -0.403. The van der Waals surface area contributed by atoms with E-state index in [1.165, 1.54) is 5.56 Å². The molecule has 0 spiro atoms. The Labute approximate surface area is 159 Å². The summed E-state index contributed by atoms with van der Waals surface area (Å²) >= 11 is 0. The topological polar surface area (TPSA) is 53.8 Å². The third-order valence-corrected chi connectivity index (χ3v) is 4.99. The van der Waals surface area contributed by atoms with Crippen LogP contribution in [0.15, 0.2) is 48.5 Å². The molecule has 1 aliphatic heterocycles. The molecular formula is C21H26N4O2. The van der Waals surface area contributed by atoms with Gasteiger partial charge in [-0.1, -0.05) is 24.3 Å². The second kappa shape index (κ2) is 7.58. The number of aliphatic hydroxyl groups excluding tert-OH is 1. The zero-order valence-corrected chi connectivity index (χ0v) is 15.9. The second-order valence-corrected chi connectivity index (χ2v) is 7.18. The highest BCUT2D eigenvalue weighted by atomic mass is 16.5. The summed E-state index contributed by atoms with van der Waals surface area (Å²) in [4.78, 5) is 9.36. The standard InChI is InChI=1S/C21H26N4O2/c1-16(26)13-24-14-23(12-11-17-7-9-18(27-2)10-8-17)15-25-20-6-4-3-5-19(20)22-21(24)25/h3-10,16,26H,11-15H2,1-2H3/t16-/m0/s1. The quantitative estimate of drug-likeness (QED) is 0.727. The molecule has 0 amide bonds. The molecule has 1 N–H and O–H groups in total. The van der Waals surface area contributed by atoms with Gasteiger partial charge >= 0.3 is 0 Å². The van der Waals surface area contributed by atoms with Gasteiger partial charge in [-0.15, -0.1) is 0 Å². The van der Waals surface area contributed by atoms with Crippen LogP contribution in [0.1, 0.15) is 12.5 Å². The summed E-state index contributed by atoms with van der Waals surface area (Å²) in [6.45, 7) is 4.91. The Balaban J connectivity index is 1.54. The van der Waals surface area contributed by atoms with E-state index in [2.05, 4.69) is 32.6 Å². The number of methoxy groups -OCH3 is 1. The first kappa shape index (κ1) is 17.8. The molecule has 6 nitrogen and oxygen atoms in total. The van der Waals surface area contributed by atoms with E-state index in [9.17, 15) is 5.11 Å². The molecule has 142 valence electrons. The smallest absolute Gasteiger partial charge is 0.208 e. The lowest BCUT2D eigenvalue weighted by atomic mass is 10.1. The molecule has 0 saturated carbocycles. The van der Waals surface area contributed by atoms with Gasteiger partial charge in [0.15, 0.2) is 0 Å². The van der Waals surface area contributed by atoms with Crippen LogP contribution >= 0.6 is 0 Å². The van der Waals surface area contributed by atoms with E-state index in [4.69, 9.17) is 9.72 Å². The molecule has 4 rings (SSSR count). The third kappa shape index (κ3) is 3.77. The lowest BCUT2D eigenvalue weighted by Crippen LogP contribution is -2.48. The van der Waals surface area contributed by atoms with Gasteiger partial charge in [0.25, 0.3) is 0 Å². The van der Waals surface area contributed by atoms with Crippen LogP contribution in [0.5, 0.6) is 5.75 Å². The Morgan fingerprint density at radius 2 is 1.89 bits per heavy atom. The molecule has 3 aromatic rings.